The smallest absolute Gasteiger partial charge is 0.278 e. The topological polar surface area (TPSA) is 59.7 Å². The number of hydrogen-bond acceptors (Lipinski definition) is 4. The summed E-state index contributed by atoms with van der Waals surface area (Å²) in [5, 5.41) is 0. The Morgan fingerprint density at radius 1 is 1.08 bits per heavy atom. The van der Waals surface area contributed by atoms with Crippen molar-refractivity contribution in [1.82, 2.24) is 14.5 Å². The first-order valence-corrected chi connectivity index (χ1v) is 13.0. The van der Waals surface area contributed by atoms with Crippen molar-refractivity contribution in [3.05, 3.63) is 83.3 Å². The van der Waals surface area contributed by atoms with Crippen LogP contribution in [0.5, 0.6) is 5.75 Å². The second-order valence-corrected chi connectivity index (χ2v) is 9.94. The van der Waals surface area contributed by atoms with Gasteiger partial charge in [-0.25, -0.2) is 14.4 Å². The lowest BCUT2D eigenvalue weighted by atomic mass is 9.96. The van der Waals surface area contributed by atoms with Crippen molar-refractivity contribution in [2.75, 3.05) is 7.11 Å². The molecule has 1 aliphatic heterocycles. The maximum Gasteiger partial charge on any atom is 0.278 e. The third kappa shape index (κ3) is 5.22. The summed E-state index contributed by atoms with van der Waals surface area (Å²) >= 11 is 0. The van der Waals surface area contributed by atoms with Gasteiger partial charge in [0, 0.05) is 12.1 Å². The molecule has 1 atom stereocenters. The van der Waals surface area contributed by atoms with Crippen LogP contribution >= 0.6 is 0 Å². The molecule has 0 radical (unpaired) electrons. The van der Waals surface area contributed by atoms with Gasteiger partial charge >= 0.3 is 0 Å². The van der Waals surface area contributed by atoms with Crippen molar-refractivity contribution in [1.29, 1.82) is 0 Å². The standard InChI is InChI=1S/C30H33FN4O2/c1-20-18-34(19-32-20)27-15-10-22(17-28(27)37-3)16-26-30(36)35(21(2)23-11-13-25(31)14-12-23)29(33-26)24-8-6-4-5-7-9-24/h10-19,21,24H,4-9H2,1-3H3/b26-16-. The average Bonchev–Trinajstić information content (AvgIpc) is 3.35. The largest absolute Gasteiger partial charge is 0.495 e. The molecule has 5 rings (SSSR count). The fraction of sp³-hybridized carbons (Fsp3) is 0.367. The SMILES string of the molecule is COc1cc(/C=C2\N=C(C3CCCCCC3)N(C(C)c3ccc(F)cc3)C2=O)ccc1-n1cnc(C)c1. The van der Waals surface area contributed by atoms with Crippen molar-refractivity contribution in [3.8, 4) is 11.4 Å². The second-order valence-electron chi connectivity index (χ2n) is 9.94. The molecule has 0 spiro atoms. The first kappa shape index (κ1) is 24.9. The summed E-state index contributed by atoms with van der Waals surface area (Å²) in [4.78, 5) is 24.9. The minimum atomic E-state index is -0.287. The molecule has 1 unspecified atom stereocenters. The van der Waals surface area contributed by atoms with Crippen LogP contribution in [0.2, 0.25) is 0 Å². The highest BCUT2D eigenvalue weighted by molar-refractivity contribution is 6.15. The van der Waals surface area contributed by atoms with Gasteiger partial charge in [-0.15, -0.1) is 0 Å². The molecular weight excluding hydrogens is 467 g/mol. The number of rotatable bonds is 6. The molecule has 192 valence electrons. The van der Waals surface area contributed by atoms with E-state index in [0.717, 1.165) is 54.0 Å². The van der Waals surface area contributed by atoms with Gasteiger partial charge in [0.1, 0.15) is 23.1 Å². The Bertz CT molecular complexity index is 1330. The third-order valence-corrected chi connectivity index (χ3v) is 7.38. The molecule has 2 aliphatic rings. The van der Waals surface area contributed by atoms with Crippen LogP contribution in [0.3, 0.4) is 0 Å². The van der Waals surface area contributed by atoms with E-state index in [1.54, 1.807) is 25.6 Å². The summed E-state index contributed by atoms with van der Waals surface area (Å²) in [5.74, 6) is 1.35. The van der Waals surface area contributed by atoms with Crippen LogP contribution < -0.4 is 4.74 Å². The molecule has 2 aromatic carbocycles. The van der Waals surface area contributed by atoms with E-state index in [0.29, 0.717) is 11.4 Å². The zero-order valence-electron chi connectivity index (χ0n) is 21.7. The molecule has 3 aromatic rings. The molecule has 1 amide bonds. The highest BCUT2D eigenvalue weighted by atomic mass is 19.1. The lowest BCUT2D eigenvalue weighted by molar-refractivity contribution is -0.124. The number of amidine groups is 1. The van der Waals surface area contributed by atoms with E-state index in [9.17, 15) is 9.18 Å². The van der Waals surface area contributed by atoms with Crippen LogP contribution in [0.1, 0.15) is 68.3 Å². The van der Waals surface area contributed by atoms with Crippen molar-refractivity contribution in [2.45, 2.75) is 58.4 Å². The van der Waals surface area contributed by atoms with Crippen molar-refractivity contribution in [2.24, 2.45) is 10.9 Å². The number of halogens is 1. The first-order valence-electron chi connectivity index (χ1n) is 13.0. The number of imidazole rings is 1. The number of aryl methyl sites for hydroxylation is 1. The number of aliphatic imine (C=N–C) groups is 1. The Hall–Kier alpha value is -3.74. The van der Waals surface area contributed by atoms with Gasteiger partial charge in [0.05, 0.1) is 30.9 Å². The van der Waals surface area contributed by atoms with E-state index in [2.05, 4.69) is 4.98 Å². The molecule has 7 heteroatoms. The van der Waals surface area contributed by atoms with E-state index in [1.165, 1.54) is 25.0 Å². The second kappa shape index (κ2) is 10.7. The molecule has 1 saturated carbocycles. The van der Waals surface area contributed by atoms with E-state index in [-0.39, 0.29) is 23.7 Å². The van der Waals surface area contributed by atoms with Gasteiger partial charge < -0.3 is 9.30 Å². The molecule has 1 fully saturated rings. The number of aromatic nitrogens is 2. The van der Waals surface area contributed by atoms with Crippen LogP contribution in [0.4, 0.5) is 4.39 Å². The van der Waals surface area contributed by atoms with Crippen LogP contribution in [0.25, 0.3) is 11.8 Å². The molecular formula is C30H33FN4O2. The summed E-state index contributed by atoms with van der Waals surface area (Å²) in [6, 6.07) is 12.0. The summed E-state index contributed by atoms with van der Waals surface area (Å²) in [5.41, 5.74) is 3.93. The molecule has 2 heterocycles. The summed E-state index contributed by atoms with van der Waals surface area (Å²) in [7, 11) is 1.63. The van der Waals surface area contributed by atoms with Gasteiger partial charge in [-0.05, 0) is 68.2 Å². The highest BCUT2D eigenvalue weighted by Crippen LogP contribution is 2.36. The molecule has 6 nitrogen and oxygen atoms in total. The predicted molar refractivity (Wildman–Crippen MR) is 143 cm³/mol. The minimum Gasteiger partial charge on any atom is -0.495 e. The zero-order chi connectivity index (χ0) is 25.9. The Labute approximate surface area is 217 Å². The van der Waals surface area contributed by atoms with Gasteiger partial charge in [0.2, 0.25) is 0 Å². The van der Waals surface area contributed by atoms with Gasteiger partial charge in [-0.2, -0.15) is 0 Å². The monoisotopic (exact) mass is 500 g/mol. The number of amides is 1. The molecule has 1 aliphatic carbocycles. The third-order valence-electron chi connectivity index (χ3n) is 7.38. The highest BCUT2D eigenvalue weighted by Gasteiger charge is 2.38. The maximum atomic E-state index is 13.8. The van der Waals surface area contributed by atoms with Crippen molar-refractivity contribution in [3.63, 3.8) is 0 Å². The zero-order valence-corrected chi connectivity index (χ0v) is 21.7. The van der Waals surface area contributed by atoms with Gasteiger partial charge in [-0.1, -0.05) is 43.9 Å². The van der Waals surface area contributed by atoms with Crippen molar-refractivity contribution < 1.29 is 13.9 Å². The minimum absolute atomic E-state index is 0.121. The van der Waals surface area contributed by atoms with Crippen LogP contribution in [-0.2, 0) is 4.79 Å². The normalized spacial score (nSPS) is 18.7. The van der Waals surface area contributed by atoms with E-state index < -0.39 is 0 Å². The Kier molecular flexibility index (Phi) is 7.22. The number of benzene rings is 2. The fourth-order valence-corrected chi connectivity index (χ4v) is 5.34. The van der Waals surface area contributed by atoms with E-state index in [4.69, 9.17) is 9.73 Å². The molecule has 37 heavy (non-hydrogen) atoms. The molecule has 1 aromatic heterocycles. The average molecular weight is 501 g/mol. The fourth-order valence-electron chi connectivity index (χ4n) is 5.34. The first-order chi connectivity index (χ1) is 17.9. The summed E-state index contributed by atoms with van der Waals surface area (Å²) in [6.45, 7) is 3.93. The van der Waals surface area contributed by atoms with Crippen LogP contribution in [0, 0.1) is 18.7 Å². The summed E-state index contributed by atoms with van der Waals surface area (Å²) < 4.78 is 21.2. The van der Waals surface area contributed by atoms with E-state index in [1.807, 2.05) is 53.8 Å². The number of hydrogen-bond donors (Lipinski definition) is 0. The predicted octanol–water partition coefficient (Wildman–Crippen LogP) is 6.64. The summed E-state index contributed by atoms with van der Waals surface area (Å²) in [6.07, 6.45) is 12.3. The maximum absolute atomic E-state index is 13.8. The van der Waals surface area contributed by atoms with E-state index >= 15 is 0 Å². The van der Waals surface area contributed by atoms with Crippen molar-refractivity contribution >= 4 is 17.8 Å². The lowest BCUT2D eigenvalue weighted by Crippen LogP contribution is -2.38. The Balaban J connectivity index is 1.51. The Morgan fingerprint density at radius 3 is 2.46 bits per heavy atom. The van der Waals surface area contributed by atoms with Gasteiger partial charge in [0.15, 0.2) is 0 Å². The number of ether oxygens (including phenoxy) is 1. The molecule has 0 saturated heterocycles. The quantitative estimate of drug-likeness (QED) is 0.282. The number of carbonyl (C=O) groups is 1. The number of methoxy groups -OCH3 is 1. The van der Waals surface area contributed by atoms with Gasteiger partial charge in [-0.3, -0.25) is 9.69 Å². The van der Waals surface area contributed by atoms with Crippen LogP contribution in [0.15, 0.2) is 65.7 Å². The number of nitrogens with zero attached hydrogens (tertiary/aromatic N) is 4. The van der Waals surface area contributed by atoms with Gasteiger partial charge in [0.25, 0.3) is 5.91 Å². The Morgan fingerprint density at radius 2 is 1.81 bits per heavy atom. The molecule has 0 N–H and O–H groups in total. The van der Waals surface area contributed by atoms with Crippen LogP contribution in [-0.4, -0.2) is 33.3 Å². The molecule has 0 bridgehead atoms. The lowest BCUT2D eigenvalue weighted by Gasteiger charge is -2.30. The number of carbonyl (C=O) groups excluding carboxylic acids is 1.